The Balaban J connectivity index is 2.55. The number of halogens is 3. The first-order valence-corrected chi connectivity index (χ1v) is 7.01. The maximum atomic E-state index is 12.2. The van der Waals surface area contributed by atoms with Crippen LogP contribution in [0, 0.1) is 5.92 Å². The van der Waals surface area contributed by atoms with Gasteiger partial charge in [-0.15, -0.1) is 0 Å². The zero-order valence-corrected chi connectivity index (χ0v) is 12.1. The molecule has 0 aliphatic rings. The molecule has 2 N–H and O–H groups in total. The van der Waals surface area contributed by atoms with Crippen LogP contribution < -0.4 is 10.6 Å². The second-order valence-corrected chi connectivity index (χ2v) is 5.41. The maximum Gasteiger partial charge on any atom is 0.446 e. The molecular weight excluding hydrogens is 289 g/mol. The van der Waals surface area contributed by atoms with E-state index in [1.807, 2.05) is 6.92 Å². The van der Waals surface area contributed by atoms with E-state index in [0.717, 1.165) is 6.54 Å². The van der Waals surface area contributed by atoms with Crippen molar-refractivity contribution in [1.29, 1.82) is 0 Å². The van der Waals surface area contributed by atoms with Gasteiger partial charge in [0.2, 0.25) is 5.91 Å². The first-order valence-electron chi connectivity index (χ1n) is 6.19. The van der Waals surface area contributed by atoms with Crippen molar-refractivity contribution in [3.8, 4) is 0 Å². The van der Waals surface area contributed by atoms with E-state index in [9.17, 15) is 18.0 Å². The summed E-state index contributed by atoms with van der Waals surface area (Å²) in [7, 11) is 0. The molecule has 0 fully saturated rings. The fraction of sp³-hybridized carbons (Fsp3) is 0.462. The zero-order chi connectivity index (χ0) is 15.2. The first-order chi connectivity index (χ1) is 9.31. The lowest BCUT2D eigenvalue weighted by Gasteiger charge is -2.13. The highest BCUT2D eigenvalue weighted by molar-refractivity contribution is 8.00. The van der Waals surface area contributed by atoms with E-state index in [0.29, 0.717) is 12.2 Å². The van der Waals surface area contributed by atoms with Crippen molar-refractivity contribution in [2.45, 2.75) is 24.3 Å². The molecule has 0 bridgehead atoms. The predicted octanol–water partition coefficient (Wildman–Crippen LogP) is 3.48. The number of carbonyl (C=O) groups excluding carboxylic acids is 1. The standard InChI is InChI=1S/C13H17F3N2OS/c1-3-17-8-9(2)12(19)18-10-4-6-11(7-5-10)20-13(14,15)16/h4-7,9,17H,3,8H2,1-2H3,(H,18,19). The van der Waals surface area contributed by atoms with Crippen LogP contribution in [0.5, 0.6) is 0 Å². The van der Waals surface area contributed by atoms with Gasteiger partial charge in [0.15, 0.2) is 0 Å². The van der Waals surface area contributed by atoms with Crippen molar-refractivity contribution in [1.82, 2.24) is 5.32 Å². The van der Waals surface area contributed by atoms with Crippen LogP contribution in [0.2, 0.25) is 0 Å². The number of anilines is 1. The fourth-order valence-electron chi connectivity index (χ4n) is 1.46. The smallest absolute Gasteiger partial charge is 0.326 e. The largest absolute Gasteiger partial charge is 0.446 e. The molecule has 0 saturated heterocycles. The second-order valence-electron chi connectivity index (χ2n) is 4.27. The number of rotatable bonds is 6. The van der Waals surface area contributed by atoms with Gasteiger partial charge in [-0.05, 0) is 42.6 Å². The third-order valence-electron chi connectivity index (χ3n) is 2.50. The normalized spacial score (nSPS) is 13.1. The van der Waals surface area contributed by atoms with Crippen LogP contribution in [0.25, 0.3) is 0 Å². The number of amides is 1. The first kappa shape index (κ1) is 16.8. The molecule has 1 unspecified atom stereocenters. The molecule has 1 amide bonds. The van der Waals surface area contributed by atoms with Crippen molar-refractivity contribution < 1.29 is 18.0 Å². The van der Waals surface area contributed by atoms with E-state index in [-0.39, 0.29) is 28.5 Å². The lowest BCUT2D eigenvalue weighted by Crippen LogP contribution is -2.30. The number of nitrogens with one attached hydrogen (secondary N) is 2. The van der Waals surface area contributed by atoms with Gasteiger partial charge in [0, 0.05) is 23.0 Å². The summed E-state index contributed by atoms with van der Waals surface area (Å²) in [6.07, 6.45) is 0. The molecule has 1 atom stereocenters. The average molecular weight is 306 g/mol. The molecule has 7 heteroatoms. The molecule has 0 radical (unpaired) electrons. The van der Waals surface area contributed by atoms with Gasteiger partial charge < -0.3 is 10.6 Å². The quantitative estimate of drug-likeness (QED) is 0.791. The Hall–Kier alpha value is -1.21. The molecule has 0 aliphatic carbocycles. The third-order valence-corrected chi connectivity index (χ3v) is 3.24. The number of carbonyl (C=O) groups is 1. The van der Waals surface area contributed by atoms with Crippen molar-refractivity contribution >= 4 is 23.4 Å². The van der Waals surface area contributed by atoms with E-state index in [1.54, 1.807) is 6.92 Å². The van der Waals surface area contributed by atoms with E-state index < -0.39 is 5.51 Å². The Morgan fingerprint density at radius 3 is 2.40 bits per heavy atom. The number of alkyl halides is 3. The maximum absolute atomic E-state index is 12.2. The minimum atomic E-state index is -4.30. The van der Waals surface area contributed by atoms with Gasteiger partial charge in [0.1, 0.15) is 0 Å². The van der Waals surface area contributed by atoms with Gasteiger partial charge in [-0.1, -0.05) is 13.8 Å². The van der Waals surface area contributed by atoms with Crippen LogP contribution in [0.15, 0.2) is 29.2 Å². The molecule has 1 aromatic rings. The highest BCUT2D eigenvalue weighted by Gasteiger charge is 2.29. The minimum absolute atomic E-state index is 0.0937. The summed E-state index contributed by atoms with van der Waals surface area (Å²) < 4.78 is 36.5. The summed E-state index contributed by atoms with van der Waals surface area (Å²) in [6, 6.07) is 5.60. The highest BCUT2D eigenvalue weighted by atomic mass is 32.2. The van der Waals surface area contributed by atoms with Crippen molar-refractivity contribution in [2.24, 2.45) is 5.92 Å². The van der Waals surface area contributed by atoms with Gasteiger partial charge in [-0.2, -0.15) is 13.2 Å². The molecule has 0 heterocycles. The van der Waals surface area contributed by atoms with Crippen molar-refractivity contribution in [3.63, 3.8) is 0 Å². The van der Waals surface area contributed by atoms with Gasteiger partial charge in [-0.25, -0.2) is 0 Å². The number of hydrogen-bond donors (Lipinski definition) is 2. The Morgan fingerprint density at radius 1 is 1.30 bits per heavy atom. The second kappa shape index (κ2) is 7.54. The summed E-state index contributed by atoms with van der Waals surface area (Å²) in [4.78, 5) is 11.9. The molecule has 20 heavy (non-hydrogen) atoms. The number of thioether (sulfide) groups is 1. The fourth-order valence-corrected chi connectivity index (χ4v) is 2.00. The molecule has 1 aromatic carbocycles. The van der Waals surface area contributed by atoms with Gasteiger partial charge in [0.25, 0.3) is 0 Å². The van der Waals surface area contributed by atoms with Crippen LogP contribution in [-0.4, -0.2) is 24.5 Å². The van der Waals surface area contributed by atoms with Crippen LogP contribution in [-0.2, 0) is 4.79 Å². The summed E-state index contributed by atoms with van der Waals surface area (Å²) in [6.45, 7) is 5.07. The van der Waals surface area contributed by atoms with Crippen LogP contribution in [0.4, 0.5) is 18.9 Å². The predicted molar refractivity (Wildman–Crippen MR) is 74.7 cm³/mol. The SMILES string of the molecule is CCNCC(C)C(=O)Nc1ccc(SC(F)(F)F)cc1. The Labute approximate surface area is 120 Å². The van der Waals surface area contributed by atoms with Gasteiger partial charge in [-0.3, -0.25) is 4.79 Å². The Bertz CT molecular complexity index is 434. The summed E-state index contributed by atoms with van der Waals surface area (Å²) >= 11 is -0.177. The van der Waals surface area contributed by atoms with E-state index >= 15 is 0 Å². The van der Waals surface area contributed by atoms with Gasteiger partial charge in [0.05, 0.1) is 0 Å². The lowest BCUT2D eigenvalue weighted by molar-refractivity contribution is -0.119. The Morgan fingerprint density at radius 2 is 1.90 bits per heavy atom. The summed E-state index contributed by atoms with van der Waals surface area (Å²) in [5, 5.41) is 5.73. The van der Waals surface area contributed by atoms with Crippen LogP contribution in [0.1, 0.15) is 13.8 Å². The molecule has 3 nitrogen and oxygen atoms in total. The number of hydrogen-bond acceptors (Lipinski definition) is 3. The van der Waals surface area contributed by atoms with Crippen molar-refractivity contribution in [2.75, 3.05) is 18.4 Å². The minimum Gasteiger partial charge on any atom is -0.326 e. The van der Waals surface area contributed by atoms with E-state index in [2.05, 4.69) is 10.6 Å². The van der Waals surface area contributed by atoms with Crippen LogP contribution >= 0.6 is 11.8 Å². The van der Waals surface area contributed by atoms with Crippen molar-refractivity contribution in [3.05, 3.63) is 24.3 Å². The van der Waals surface area contributed by atoms with Gasteiger partial charge >= 0.3 is 5.51 Å². The topological polar surface area (TPSA) is 41.1 Å². The lowest BCUT2D eigenvalue weighted by atomic mass is 10.1. The highest BCUT2D eigenvalue weighted by Crippen LogP contribution is 2.37. The molecule has 112 valence electrons. The van der Waals surface area contributed by atoms with Crippen LogP contribution in [0.3, 0.4) is 0 Å². The molecule has 1 rings (SSSR count). The molecule has 0 spiro atoms. The molecule has 0 aromatic heterocycles. The molecule has 0 saturated carbocycles. The summed E-state index contributed by atoms with van der Waals surface area (Å²) in [5.41, 5.74) is -3.81. The number of benzene rings is 1. The Kier molecular flexibility index (Phi) is 6.35. The average Bonchev–Trinajstić information content (AvgIpc) is 2.36. The molecule has 0 aliphatic heterocycles. The van der Waals surface area contributed by atoms with E-state index in [4.69, 9.17) is 0 Å². The third kappa shape index (κ3) is 6.29. The molecular formula is C13H17F3N2OS. The van der Waals surface area contributed by atoms with E-state index in [1.165, 1.54) is 24.3 Å². The summed E-state index contributed by atoms with van der Waals surface area (Å²) in [5.74, 6) is -0.374. The monoisotopic (exact) mass is 306 g/mol. The zero-order valence-electron chi connectivity index (χ0n) is 11.3.